The molecule has 19 heavy (non-hydrogen) atoms. The van der Waals surface area contributed by atoms with Gasteiger partial charge in [0.2, 0.25) is 0 Å². The molecule has 1 atom stereocenters. The van der Waals surface area contributed by atoms with Gasteiger partial charge in [0.1, 0.15) is 11.4 Å². The van der Waals surface area contributed by atoms with E-state index in [1.165, 1.54) is 39.0 Å². The predicted molar refractivity (Wildman–Crippen MR) is 74.1 cm³/mol. The fourth-order valence-electron chi connectivity index (χ4n) is 1.72. The largest absolute Gasteiger partial charge is 0.465 e. The van der Waals surface area contributed by atoms with E-state index in [1.807, 2.05) is 0 Å². The van der Waals surface area contributed by atoms with Crippen LogP contribution in [0.5, 0.6) is 0 Å². The quantitative estimate of drug-likeness (QED) is 0.859. The van der Waals surface area contributed by atoms with Gasteiger partial charge in [-0.1, -0.05) is 15.9 Å². The molecule has 3 nitrogen and oxygen atoms in total. The summed E-state index contributed by atoms with van der Waals surface area (Å²) in [4.78, 5) is 12.0. The van der Waals surface area contributed by atoms with Crippen molar-refractivity contribution < 1.29 is 19.0 Å². The summed E-state index contributed by atoms with van der Waals surface area (Å²) in [5.74, 6) is -1.13. The van der Waals surface area contributed by atoms with Gasteiger partial charge in [-0.25, -0.2) is 4.39 Å². The maximum Gasteiger partial charge on any atom is 0.314 e. The molecule has 1 aromatic carbocycles. The van der Waals surface area contributed by atoms with Crippen LogP contribution < -0.4 is 0 Å². The van der Waals surface area contributed by atoms with Crippen LogP contribution in [0.4, 0.5) is 4.39 Å². The number of ether oxygens (including phenoxy) is 1. The van der Waals surface area contributed by atoms with E-state index >= 15 is 0 Å². The SMILES string of the molecule is CCOC(=O)C(C)(C)C(C)(O)c1cc(Br)ccc1F. The lowest BCUT2D eigenvalue weighted by Crippen LogP contribution is -2.46. The van der Waals surface area contributed by atoms with Gasteiger partial charge in [-0.05, 0) is 45.9 Å². The van der Waals surface area contributed by atoms with E-state index in [4.69, 9.17) is 4.74 Å². The summed E-state index contributed by atoms with van der Waals surface area (Å²) in [6, 6.07) is 4.25. The van der Waals surface area contributed by atoms with E-state index in [9.17, 15) is 14.3 Å². The molecular weight excluding hydrogens is 315 g/mol. The third kappa shape index (κ3) is 2.98. The highest BCUT2D eigenvalue weighted by Crippen LogP contribution is 2.42. The number of hydrogen-bond acceptors (Lipinski definition) is 3. The molecule has 0 aliphatic rings. The number of esters is 1. The van der Waals surface area contributed by atoms with Gasteiger partial charge in [0.15, 0.2) is 0 Å². The summed E-state index contributed by atoms with van der Waals surface area (Å²) in [5, 5.41) is 10.7. The molecule has 0 saturated heterocycles. The summed E-state index contributed by atoms with van der Waals surface area (Å²) in [6.45, 7) is 6.37. The third-order valence-electron chi connectivity index (χ3n) is 3.46. The predicted octanol–water partition coefficient (Wildman–Crippen LogP) is 3.39. The molecule has 0 aliphatic carbocycles. The Morgan fingerprint density at radius 3 is 2.53 bits per heavy atom. The van der Waals surface area contributed by atoms with Crippen LogP contribution in [0.2, 0.25) is 0 Å². The van der Waals surface area contributed by atoms with E-state index in [-0.39, 0.29) is 12.2 Å². The Balaban J connectivity index is 3.29. The first-order chi connectivity index (χ1) is 8.64. The summed E-state index contributed by atoms with van der Waals surface area (Å²) >= 11 is 3.23. The Bertz CT molecular complexity index is 484. The lowest BCUT2D eigenvalue weighted by molar-refractivity contribution is -0.170. The van der Waals surface area contributed by atoms with Gasteiger partial charge in [-0.2, -0.15) is 0 Å². The average molecular weight is 333 g/mol. The molecule has 106 valence electrons. The topological polar surface area (TPSA) is 46.5 Å². The van der Waals surface area contributed by atoms with Gasteiger partial charge < -0.3 is 9.84 Å². The molecule has 0 radical (unpaired) electrons. The van der Waals surface area contributed by atoms with E-state index in [0.717, 1.165) is 0 Å². The van der Waals surface area contributed by atoms with Crippen molar-refractivity contribution >= 4 is 21.9 Å². The second-order valence-electron chi connectivity index (χ2n) is 5.04. The summed E-state index contributed by atoms with van der Waals surface area (Å²) in [7, 11) is 0. The Morgan fingerprint density at radius 2 is 2.00 bits per heavy atom. The molecule has 5 heteroatoms. The number of carbonyl (C=O) groups is 1. The van der Waals surface area contributed by atoms with Crippen LogP contribution >= 0.6 is 15.9 Å². The van der Waals surface area contributed by atoms with Crippen LogP contribution in [0.1, 0.15) is 33.3 Å². The molecule has 0 aliphatic heterocycles. The highest BCUT2D eigenvalue weighted by Gasteiger charge is 2.49. The molecule has 0 spiro atoms. The zero-order valence-electron chi connectivity index (χ0n) is 11.5. The van der Waals surface area contributed by atoms with E-state index in [1.54, 1.807) is 6.92 Å². The molecular formula is C14H18BrFO3. The molecule has 1 rings (SSSR count). The van der Waals surface area contributed by atoms with E-state index < -0.39 is 22.8 Å². The lowest BCUT2D eigenvalue weighted by atomic mass is 9.72. The van der Waals surface area contributed by atoms with Crippen LogP contribution in [0.25, 0.3) is 0 Å². The van der Waals surface area contributed by atoms with Crippen molar-refractivity contribution in [1.29, 1.82) is 0 Å². The van der Waals surface area contributed by atoms with Gasteiger partial charge >= 0.3 is 5.97 Å². The minimum absolute atomic E-state index is 0.0555. The van der Waals surface area contributed by atoms with Gasteiger partial charge in [0.25, 0.3) is 0 Å². The first-order valence-corrected chi connectivity index (χ1v) is 6.79. The number of aliphatic hydroxyl groups is 1. The minimum Gasteiger partial charge on any atom is -0.465 e. The summed E-state index contributed by atoms with van der Waals surface area (Å²) < 4.78 is 19.5. The second-order valence-corrected chi connectivity index (χ2v) is 5.96. The second kappa shape index (κ2) is 5.59. The first kappa shape index (κ1) is 16.1. The van der Waals surface area contributed by atoms with Gasteiger partial charge in [-0.3, -0.25) is 4.79 Å². The van der Waals surface area contributed by atoms with E-state index in [2.05, 4.69) is 15.9 Å². The van der Waals surface area contributed by atoms with Crippen molar-refractivity contribution in [3.63, 3.8) is 0 Å². The number of benzene rings is 1. The van der Waals surface area contributed by atoms with Crippen molar-refractivity contribution in [1.82, 2.24) is 0 Å². The Kier molecular flexibility index (Phi) is 4.74. The molecule has 1 aromatic rings. The average Bonchev–Trinajstić information content (AvgIpc) is 2.32. The molecule has 0 bridgehead atoms. The minimum atomic E-state index is -1.69. The molecule has 0 amide bonds. The number of halogens is 2. The molecule has 1 N–H and O–H groups in total. The van der Waals surface area contributed by atoms with E-state index in [0.29, 0.717) is 4.47 Å². The number of hydrogen-bond donors (Lipinski definition) is 1. The van der Waals surface area contributed by atoms with Crippen LogP contribution in [-0.2, 0) is 15.1 Å². The molecule has 0 heterocycles. The molecule has 1 unspecified atom stereocenters. The van der Waals surface area contributed by atoms with Crippen molar-refractivity contribution in [2.24, 2.45) is 5.41 Å². The Morgan fingerprint density at radius 1 is 1.42 bits per heavy atom. The van der Waals surface area contributed by atoms with Crippen molar-refractivity contribution in [2.45, 2.75) is 33.3 Å². The van der Waals surface area contributed by atoms with Crippen molar-refractivity contribution in [3.8, 4) is 0 Å². The third-order valence-corrected chi connectivity index (χ3v) is 3.95. The fraction of sp³-hybridized carbons (Fsp3) is 0.500. The van der Waals surface area contributed by atoms with Crippen LogP contribution in [0.3, 0.4) is 0 Å². The van der Waals surface area contributed by atoms with Crippen LogP contribution in [0.15, 0.2) is 22.7 Å². The number of rotatable bonds is 4. The smallest absolute Gasteiger partial charge is 0.314 e. The highest BCUT2D eigenvalue weighted by molar-refractivity contribution is 9.10. The molecule has 0 saturated carbocycles. The normalized spacial score (nSPS) is 14.9. The van der Waals surface area contributed by atoms with Gasteiger partial charge in [-0.15, -0.1) is 0 Å². The highest BCUT2D eigenvalue weighted by atomic mass is 79.9. The lowest BCUT2D eigenvalue weighted by Gasteiger charge is -2.38. The monoisotopic (exact) mass is 332 g/mol. The van der Waals surface area contributed by atoms with Crippen LogP contribution in [0, 0.1) is 11.2 Å². The Hall–Kier alpha value is -0.940. The standard InChI is InChI=1S/C14H18BrFO3/c1-5-19-12(17)13(2,3)14(4,18)10-8-9(15)6-7-11(10)16/h6-8,18H,5H2,1-4H3. The number of carbonyl (C=O) groups excluding carboxylic acids is 1. The molecule has 0 aromatic heterocycles. The van der Waals surface area contributed by atoms with Gasteiger partial charge in [0, 0.05) is 10.0 Å². The maximum absolute atomic E-state index is 13.9. The summed E-state index contributed by atoms with van der Waals surface area (Å²) in [5.41, 5.74) is -2.91. The molecule has 0 fully saturated rings. The zero-order valence-corrected chi connectivity index (χ0v) is 13.0. The fourth-order valence-corrected chi connectivity index (χ4v) is 2.08. The Labute approximate surface area is 120 Å². The zero-order chi connectivity index (χ0) is 14.8. The van der Waals surface area contributed by atoms with Gasteiger partial charge in [0.05, 0.1) is 12.0 Å². The van der Waals surface area contributed by atoms with Crippen molar-refractivity contribution in [2.75, 3.05) is 6.61 Å². The first-order valence-electron chi connectivity index (χ1n) is 5.99. The van der Waals surface area contributed by atoms with Crippen LogP contribution in [-0.4, -0.2) is 17.7 Å². The summed E-state index contributed by atoms with van der Waals surface area (Å²) in [6.07, 6.45) is 0. The van der Waals surface area contributed by atoms with Crippen molar-refractivity contribution in [3.05, 3.63) is 34.1 Å². The maximum atomic E-state index is 13.9.